The molecule has 1 N–H and O–H groups in total. The summed E-state index contributed by atoms with van der Waals surface area (Å²) in [7, 11) is 4.39. The van der Waals surface area contributed by atoms with Crippen molar-refractivity contribution in [1.29, 1.82) is 0 Å². The van der Waals surface area contributed by atoms with E-state index in [9.17, 15) is 0 Å². The van der Waals surface area contributed by atoms with Crippen molar-refractivity contribution in [2.24, 2.45) is 0 Å². The van der Waals surface area contributed by atoms with Gasteiger partial charge in [0, 0.05) is 24.3 Å². The molecule has 112 valence electrons. The molecule has 20 heavy (non-hydrogen) atoms. The van der Waals surface area contributed by atoms with E-state index in [0.29, 0.717) is 6.04 Å². The normalized spacial score (nSPS) is 17.6. The van der Waals surface area contributed by atoms with Gasteiger partial charge in [0.25, 0.3) is 0 Å². The zero-order valence-corrected chi connectivity index (χ0v) is 13.2. The number of likely N-dealkylation sites (tertiary alicyclic amines) is 1. The van der Waals surface area contributed by atoms with Crippen molar-refractivity contribution in [3.05, 3.63) is 17.6 Å². The molecule has 1 aliphatic rings. The zero-order chi connectivity index (χ0) is 14.5. The predicted molar refractivity (Wildman–Crippen MR) is 82.9 cm³/mol. The topological polar surface area (TPSA) is 44.3 Å². The van der Waals surface area contributed by atoms with E-state index in [-0.39, 0.29) is 0 Å². The Morgan fingerprint density at radius 3 is 2.70 bits per heavy atom. The molecule has 0 radical (unpaired) electrons. The van der Waals surface area contributed by atoms with Gasteiger partial charge in [0.05, 0.1) is 6.54 Å². The smallest absolute Gasteiger partial charge is 0.144 e. The molecule has 5 heteroatoms. The van der Waals surface area contributed by atoms with Gasteiger partial charge in [-0.05, 0) is 53.9 Å². The van der Waals surface area contributed by atoms with E-state index in [1.807, 2.05) is 13.0 Å². The minimum Gasteiger partial charge on any atom is -0.370 e. The molecule has 1 aromatic heterocycles. The number of aryl methyl sites for hydroxylation is 1. The summed E-state index contributed by atoms with van der Waals surface area (Å²) in [6.07, 6.45) is 2.47. The second kappa shape index (κ2) is 6.99. The summed E-state index contributed by atoms with van der Waals surface area (Å²) >= 11 is 0. The van der Waals surface area contributed by atoms with Crippen LogP contribution in [0.3, 0.4) is 0 Å². The molecule has 0 amide bonds. The van der Waals surface area contributed by atoms with Crippen LogP contribution in [0.4, 0.5) is 5.82 Å². The number of nitrogens with zero attached hydrogens (tertiary/aromatic N) is 4. The van der Waals surface area contributed by atoms with E-state index in [2.05, 4.69) is 46.1 Å². The average molecular weight is 277 g/mol. The minimum atomic E-state index is 0.651. The van der Waals surface area contributed by atoms with Crippen molar-refractivity contribution in [3.63, 3.8) is 0 Å². The second-order valence-corrected chi connectivity index (χ2v) is 5.79. The highest BCUT2D eigenvalue weighted by atomic mass is 15.2. The van der Waals surface area contributed by atoms with Gasteiger partial charge in [-0.3, -0.25) is 4.90 Å². The SMILES string of the molecule is CCNc1cc(C)nc(CN(C)C2CCN(C)CC2)n1. The lowest BCUT2D eigenvalue weighted by Crippen LogP contribution is -2.41. The Kier molecular flexibility index (Phi) is 5.31. The first-order chi connectivity index (χ1) is 9.58. The lowest BCUT2D eigenvalue weighted by molar-refractivity contribution is 0.137. The third-order valence-electron chi connectivity index (χ3n) is 3.96. The highest BCUT2D eigenvalue weighted by molar-refractivity contribution is 5.35. The third-order valence-corrected chi connectivity index (χ3v) is 3.96. The molecule has 0 atom stereocenters. The number of hydrogen-bond donors (Lipinski definition) is 1. The fraction of sp³-hybridized carbons (Fsp3) is 0.733. The maximum atomic E-state index is 4.60. The van der Waals surface area contributed by atoms with Gasteiger partial charge in [-0.25, -0.2) is 9.97 Å². The molecule has 1 aliphatic heterocycles. The summed E-state index contributed by atoms with van der Waals surface area (Å²) in [4.78, 5) is 14.0. The lowest BCUT2D eigenvalue weighted by atomic mass is 10.0. The van der Waals surface area contributed by atoms with Gasteiger partial charge in [-0.1, -0.05) is 0 Å². The monoisotopic (exact) mass is 277 g/mol. The van der Waals surface area contributed by atoms with Gasteiger partial charge in [0.15, 0.2) is 0 Å². The molecule has 1 fully saturated rings. The molecular weight excluding hydrogens is 250 g/mol. The van der Waals surface area contributed by atoms with Crippen LogP contribution in [0.25, 0.3) is 0 Å². The molecule has 0 unspecified atom stereocenters. The summed E-state index contributed by atoms with van der Waals surface area (Å²) in [6.45, 7) is 8.21. The largest absolute Gasteiger partial charge is 0.370 e. The van der Waals surface area contributed by atoms with Gasteiger partial charge >= 0.3 is 0 Å². The first kappa shape index (κ1) is 15.2. The van der Waals surface area contributed by atoms with E-state index in [1.54, 1.807) is 0 Å². The Hall–Kier alpha value is -1.20. The summed E-state index contributed by atoms with van der Waals surface area (Å²) < 4.78 is 0. The van der Waals surface area contributed by atoms with Crippen LogP contribution in [0.1, 0.15) is 31.3 Å². The number of nitrogens with one attached hydrogen (secondary N) is 1. The van der Waals surface area contributed by atoms with E-state index >= 15 is 0 Å². The fourth-order valence-corrected chi connectivity index (χ4v) is 2.76. The number of piperidine rings is 1. The van der Waals surface area contributed by atoms with Crippen LogP contribution in [0.5, 0.6) is 0 Å². The van der Waals surface area contributed by atoms with E-state index in [1.165, 1.54) is 25.9 Å². The molecule has 0 aliphatic carbocycles. The Bertz CT molecular complexity index is 426. The van der Waals surface area contributed by atoms with Crippen LogP contribution in [0, 0.1) is 6.92 Å². The van der Waals surface area contributed by atoms with Crippen molar-refractivity contribution >= 4 is 5.82 Å². The maximum Gasteiger partial charge on any atom is 0.144 e. The third kappa shape index (κ3) is 4.15. The van der Waals surface area contributed by atoms with E-state index in [4.69, 9.17) is 0 Å². The van der Waals surface area contributed by atoms with Crippen molar-refractivity contribution in [1.82, 2.24) is 19.8 Å². The Morgan fingerprint density at radius 2 is 2.05 bits per heavy atom. The number of aromatic nitrogens is 2. The summed E-state index contributed by atoms with van der Waals surface area (Å²) in [6, 6.07) is 2.65. The van der Waals surface area contributed by atoms with Gasteiger partial charge in [0.1, 0.15) is 11.6 Å². The van der Waals surface area contributed by atoms with Crippen molar-refractivity contribution < 1.29 is 0 Å². The van der Waals surface area contributed by atoms with Crippen molar-refractivity contribution in [2.45, 2.75) is 39.3 Å². The van der Waals surface area contributed by atoms with Crippen LogP contribution in [0.15, 0.2) is 6.07 Å². The van der Waals surface area contributed by atoms with Crippen molar-refractivity contribution in [2.75, 3.05) is 39.0 Å². The van der Waals surface area contributed by atoms with Crippen LogP contribution >= 0.6 is 0 Å². The maximum absolute atomic E-state index is 4.60. The van der Waals surface area contributed by atoms with Gasteiger partial charge in [-0.15, -0.1) is 0 Å². The Morgan fingerprint density at radius 1 is 1.35 bits per heavy atom. The standard InChI is InChI=1S/C15H27N5/c1-5-16-14-10-12(2)17-15(18-14)11-20(4)13-6-8-19(3)9-7-13/h10,13H,5-9,11H2,1-4H3,(H,16,17,18). The summed E-state index contributed by atoms with van der Waals surface area (Å²) in [5.41, 5.74) is 1.03. The van der Waals surface area contributed by atoms with Gasteiger partial charge in [-0.2, -0.15) is 0 Å². The molecule has 1 saturated heterocycles. The molecule has 2 rings (SSSR count). The fourth-order valence-electron chi connectivity index (χ4n) is 2.76. The van der Waals surface area contributed by atoms with Gasteiger partial charge < -0.3 is 10.2 Å². The van der Waals surface area contributed by atoms with E-state index < -0.39 is 0 Å². The lowest BCUT2D eigenvalue weighted by Gasteiger charge is -2.34. The number of rotatable bonds is 5. The summed E-state index contributed by atoms with van der Waals surface area (Å²) in [5, 5.41) is 3.27. The van der Waals surface area contributed by atoms with Gasteiger partial charge in [0.2, 0.25) is 0 Å². The molecule has 5 nitrogen and oxygen atoms in total. The number of anilines is 1. The van der Waals surface area contributed by atoms with Crippen LogP contribution < -0.4 is 5.32 Å². The Balaban J connectivity index is 1.98. The van der Waals surface area contributed by atoms with Crippen LogP contribution in [-0.4, -0.2) is 59.5 Å². The molecular formula is C15H27N5. The second-order valence-electron chi connectivity index (χ2n) is 5.79. The molecule has 0 spiro atoms. The first-order valence-electron chi connectivity index (χ1n) is 7.55. The molecule has 0 saturated carbocycles. The highest BCUT2D eigenvalue weighted by Gasteiger charge is 2.21. The van der Waals surface area contributed by atoms with Crippen molar-refractivity contribution in [3.8, 4) is 0 Å². The molecule has 0 bridgehead atoms. The molecule has 1 aromatic rings. The first-order valence-corrected chi connectivity index (χ1v) is 7.55. The molecule has 2 heterocycles. The summed E-state index contributed by atoms with van der Waals surface area (Å²) in [5.74, 6) is 1.86. The quantitative estimate of drug-likeness (QED) is 0.888. The minimum absolute atomic E-state index is 0.651. The van der Waals surface area contributed by atoms with Crippen LogP contribution in [-0.2, 0) is 6.54 Å². The van der Waals surface area contributed by atoms with Crippen LogP contribution in [0.2, 0.25) is 0 Å². The predicted octanol–water partition coefficient (Wildman–Crippen LogP) is 1.74. The zero-order valence-electron chi connectivity index (χ0n) is 13.2. The highest BCUT2D eigenvalue weighted by Crippen LogP contribution is 2.16. The number of hydrogen-bond acceptors (Lipinski definition) is 5. The average Bonchev–Trinajstić information content (AvgIpc) is 2.39. The Labute approximate surface area is 122 Å². The molecule has 0 aromatic carbocycles. The van der Waals surface area contributed by atoms with E-state index in [0.717, 1.165) is 30.4 Å².